The molecule has 0 spiro atoms. The van der Waals surface area contributed by atoms with E-state index >= 15 is 0 Å². The predicted molar refractivity (Wildman–Crippen MR) is 242 cm³/mol. The summed E-state index contributed by atoms with van der Waals surface area (Å²) >= 11 is 0. The molecule has 0 radical (unpaired) electrons. The normalized spacial score (nSPS) is 11.0. The molecule has 358 valence electrons. The second kappa shape index (κ2) is 22.7. The standard InChI is InChI=1S/C55H40F8O7/c56-41-15-42(57)20-52(19-41)67-30-37-7-38(31-68-53-21-43(58)16-44(59)22-53)12-50(11-37)65-28-35-6-36(10-49(9-35)64-27-34-4-2-1-3-5-34)29-66-51-13-39(32-69-54-23-45(60)17-46(61)24-54)8-40(14-51)33-70-55-25-47(62)18-48(63)26-55/h1-26H,27-33H2. The summed E-state index contributed by atoms with van der Waals surface area (Å²) in [6.45, 7) is -0.351. The van der Waals surface area contributed by atoms with Crippen LogP contribution in [-0.2, 0) is 46.2 Å². The third-order valence-electron chi connectivity index (χ3n) is 10.1. The second-order valence-electron chi connectivity index (χ2n) is 15.9. The first kappa shape index (κ1) is 48.3. The Morgan fingerprint density at radius 3 is 0.600 bits per heavy atom. The Morgan fingerprint density at radius 1 is 0.200 bits per heavy atom. The van der Waals surface area contributed by atoms with Crippen LogP contribution in [0.25, 0.3) is 0 Å². The summed E-state index contributed by atoms with van der Waals surface area (Å²) in [5, 5.41) is 0. The number of halogens is 8. The number of hydrogen-bond acceptors (Lipinski definition) is 7. The van der Waals surface area contributed by atoms with Crippen molar-refractivity contribution in [2.75, 3.05) is 0 Å². The van der Waals surface area contributed by atoms with Crippen LogP contribution in [0.4, 0.5) is 35.1 Å². The lowest BCUT2D eigenvalue weighted by Gasteiger charge is -2.16. The molecule has 8 aromatic carbocycles. The van der Waals surface area contributed by atoms with Crippen molar-refractivity contribution < 1.29 is 68.3 Å². The molecule has 0 aliphatic rings. The van der Waals surface area contributed by atoms with Crippen molar-refractivity contribution in [3.05, 3.63) is 243 Å². The molecule has 0 aliphatic heterocycles. The van der Waals surface area contributed by atoms with Crippen molar-refractivity contribution in [2.45, 2.75) is 46.2 Å². The van der Waals surface area contributed by atoms with Gasteiger partial charge in [0.2, 0.25) is 0 Å². The van der Waals surface area contributed by atoms with E-state index in [1.54, 1.807) is 48.5 Å². The van der Waals surface area contributed by atoms with Gasteiger partial charge in [0.1, 0.15) is 133 Å². The fourth-order valence-electron chi connectivity index (χ4n) is 7.12. The smallest absolute Gasteiger partial charge is 0.129 e. The fourth-order valence-corrected chi connectivity index (χ4v) is 7.12. The zero-order valence-electron chi connectivity index (χ0n) is 36.8. The van der Waals surface area contributed by atoms with E-state index in [2.05, 4.69) is 0 Å². The molecule has 0 amide bonds. The Balaban J connectivity index is 1.04. The number of hydrogen-bond donors (Lipinski definition) is 0. The van der Waals surface area contributed by atoms with Gasteiger partial charge in [-0.05, 0) is 93.5 Å². The average Bonchev–Trinajstić information content (AvgIpc) is 3.31. The molecule has 0 N–H and O–H groups in total. The third-order valence-corrected chi connectivity index (χ3v) is 10.1. The molecule has 0 bridgehead atoms. The number of rotatable bonds is 21. The van der Waals surface area contributed by atoms with E-state index in [0.717, 1.165) is 78.4 Å². The molecule has 0 saturated heterocycles. The Kier molecular flexibility index (Phi) is 15.7. The lowest BCUT2D eigenvalue weighted by atomic mass is 10.1. The largest absolute Gasteiger partial charge is 0.489 e. The Bertz CT molecular complexity index is 2670. The van der Waals surface area contributed by atoms with E-state index in [0.29, 0.717) is 50.6 Å². The van der Waals surface area contributed by atoms with E-state index in [4.69, 9.17) is 33.2 Å². The van der Waals surface area contributed by atoms with Gasteiger partial charge in [0.15, 0.2) is 0 Å². The van der Waals surface area contributed by atoms with Crippen LogP contribution in [0.5, 0.6) is 40.2 Å². The van der Waals surface area contributed by atoms with Crippen LogP contribution in [0.2, 0.25) is 0 Å². The molecule has 0 fully saturated rings. The molecular formula is C55H40F8O7. The van der Waals surface area contributed by atoms with E-state index in [9.17, 15) is 35.1 Å². The minimum absolute atomic E-state index is 0.0139. The lowest BCUT2D eigenvalue weighted by Crippen LogP contribution is -2.05. The van der Waals surface area contributed by atoms with Gasteiger partial charge in [-0.25, -0.2) is 35.1 Å². The minimum Gasteiger partial charge on any atom is -0.489 e. The van der Waals surface area contributed by atoms with Crippen LogP contribution in [-0.4, -0.2) is 0 Å². The lowest BCUT2D eigenvalue weighted by molar-refractivity contribution is 0.280. The van der Waals surface area contributed by atoms with Crippen molar-refractivity contribution in [1.82, 2.24) is 0 Å². The van der Waals surface area contributed by atoms with E-state index < -0.39 is 46.5 Å². The van der Waals surface area contributed by atoms with Gasteiger partial charge in [-0.3, -0.25) is 0 Å². The van der Waals surface area contributed by atoms with Crippen LogP contribution in [0.15, 0.2) is 158 Å². The molecule has 15 heteroatoms. The summed E-state index contributed by atoms with van der Waals surface area (Å²) in [5.41, 5.74) is 4.28. The molecule has 0 heterocycles. The Labute approximate surface area is 397 Å². The molecule has 70 heavy (non-hydrogen) atoms. The highest BCUT2D eigenvalue weighted by atomic mass is 19.2. The van der Waals surface area contributed by atoms with Gasteiger partial charge >= 0.3 is 0 Å². The van der Waals surface area contributed by atoms with Crippen molar-refractivity contribution in [2.24, 2.45) is 0 Å². The third kappa shape index (κ3) is 14.6. The average molecular weight is 965 g/mol. The van der Waals surface area contributed by atoms with Crippen LogP contribution in [0, 0.1) is 46.5 Å². The maximum atomic E-state index is 14.0. The highest BCUT2D eigenvalue weighted by molar-refractivity contribution is 5.40. The molecule has 8 rings (SSSR count). The van der Waals surface area contributed by atoms with Crippen LogP contribution < -0.4 is 33.2 Å². The quantitative estimate of drug-likeness (QED) is 0.0665. The molecule has 0 aromatic heterocycles. The molecule has 0 unspecified atom stereocenters. The molecule has 0 atom stereocenters. The van der Waals surface area contributed by atoms with Crippen molar-refractivity contribution >= 4 is 0 Å². The zero-order chi connectivity index (χ0) is 49.0. The summed E-state index contributed by atoms with van der Waals surface area (Å²) in [6, 6.07) is 36.1. The summed E-state index contributed by atoms with van der Waals surface area (Å²) in [5.74, 6) is -5.63. The van der Waals surface area contributed by atoms with Gasteiger partial charge in [-0.1, -0.05) is 30.3 Å². The van der Waals surface area contributed by atoms with Gasteiger partial charge < -0.3 is 33.2 Å². The monoisotopic (exact) mass is 964 g/mol. The molecular weight excluding hydrogens is 925 g/mol. The van der Waals surface area contributed by atoms with Crippen LogP contribution in [0.3, 0.4) is 0 Å². The first-order valence-electron chi connectivity index (χ1n) is 21.5. The van der Waals surface area contributed by atoms with E-state index in [-0.39, 0.29) is 69.2 Å². The van der Waals surface area contributed by atoms with Crippen molar-refractivity contribution in [3.8, 4) is 40.2 Å². The minimum atomic E-state index is -0.821. The Hall–Kier alpha value is -8.20. The van der Waals surface area contributed by atoms with Gasteiger partial charge in [-0.2, -0.15) is 0 Å². The number of benzene rings is 8. The topological polar surface area (TPSA) is 64.6 Å². The van der Waals surface area contributed by atoms with Crippen LogP contribution in [0.1, 0.15) is 38.9 Å². The highest BCUT2D eigenvalue weighted by Gasteiger charge is 2.13. The zero-order valence-corrected chi connectivity index (χ0v) is 36.8. The first-order chi connectivity index (χ1) is 33.8. The first-order valence-corrected chi connectivity index (χ1v) is 21.5. The summed E-state index contributed by atoms with van der Waals surface area (Å²) in [7, 11) is 0. The van der Waals surface area contributed by atoms with Crippen molar-refractivity contribution in [3.63, 3.8) is 0 Å². The maximum absolute atomic E-state index is 14.0. The van der Waals surface area contributed by atoms with Crippen molar-refractivity contribution in [1.29, 1.82) is 0 Å². The molecule has 8 aromatic rings. The summed E-state index contributed by atoms with van der Waals surface area (Å²) in [4.78, 5) is 0. The SMILES string of the molecule is Fc1cc(F)cc(OCc2cc(COc3cc(F)cc(F)c3)cc(OCc3cc(COc4cc(COc5cc(F)cc(F)c5)cc(COc5cc(F)cc(F)c5)c4)cc(OCc4ccccc4)c3)c2)c1. The number of ether oxygens (including phenoxy) is 7. The molecule has 0 aliphatic carbocycles. The maximum Gasteiger partial charge on any atom is 0.129 e. The van der Waals surface area contributed by atoms with E-state index in [1.807, 2.05) is 36.4 Å². The highest BCUT2D eigenvalue weighted by Crippen LogP contribution is 2.28. The second-order valence-corrected chi connectivity index (χ2v) is 15.9. The van der Waals surface area contributed by atoms with Gasteiger partial charge in [-0.15, -0.1) is 0 Å². The fraction of sp³-hybridized carbons (Fsp3) is 0.127. The van der Waals surface area contributed by atoms with Gasteiger partial charge in [0.05, 0.1) is 0 Å². The summed E-state index contributed by atoms with van der Waals surface area (Å²) in [6.07, 6.45) is 0. The van der Waals surface area contributed by atoms with Gasteiger partial charge in [0.25, 0.3) is 0 Å². The van der Waals surface area contributed by atoms with E-state index in [1.165, 1.54) is 0 Å². The van der Waals surface area contributed by atoms with Gasteiger partial charge in [0, 0.05) is 72.8 Å². The van der Waals surface area contributed by atoms with Crippen LogP contribution >= 0.6 is 0 Å². The predicted octanol–water partition coefficient (Wildman–Crippen LogP) is 13.9. The molecule has 0 saturated carbocycles. The Morgan fingerprint density at radius 2 is 0.386 bits per heavy atom. The molecule has 7 nitrogen and oxygen atoms in total. The summed E-state index contributed by atoms with van der Waals surface area (Å²) < 4.78 is 153.